The molecule has 0 atom stereocenters. The second-order valence-electron chi connectivity index (χ2n) is 6.35. The molecule has 0 spiro atoms. The first kappa shape index (κ1) is 17.9. The summed E-state index contributed by atoms with van der Waals surface area (Å²) in [6.07, 6.45) is 3.68. The van der Waals surface area contributed by atoms with E-state index in [1.807, 2.05) is 30.3 Å². The summed E-state index contributed by atoms with van der Waals surface area (Å²) >= 11 is 0. The van der Waals surface area contributed by atoms with E-state index in [1.165, 1.54) is 0 Å². The number of methoxy groups -OCH3 is 1. The Balaban J connectivity index is 2.18. The quantitative estimate of drug-likeness (QED) is 0.421. The lowest BCUT2D eigenvalue weighted by atomic mass is 9.92. The Kier molecular flexibility index (Phi) is 5.16. The van der Waals surface area contributed by atoms with Crippen molar-refractivity contribution in [3.63, 3.8) is 0 Å². The predicted molar refractivity (Wildman–Crippen MR) is 107 cm³/mol. The molecule has 1 aromatic heterocycles. The zero-order valence-corrected chi connectivity index (χ0v) is 15.4. The molecule has 0 radical (unpaired) electrons. The Bertz CT molecular complexity index is 921. The third-order valence-electron chi connectivity index (χ3n) is 4.83. The van der Waals surface area contributed by atoms with Gasteiger partial charge in [-0.2, -0.15) is 0 Å². The highest BCUT2D eigenvalue weighted by molar-refractivity contribution is 6.03. The van der Waals surface area contributed by atoms with Gasteiger partial charge in [0.05, 0.1) is 29.9 Å². The van der Waals surface area contributed by atoms with Gasteiger partial charge in [0.25, 0.3) is 0 Å². The summed E-state index contributed by atoms with van der Waals surface area (Å²) in [5, 5.41) is 14.3. The molecule has 4 N–H and O–H groups in total. The summed E-state index contributed by atoms with van der Waals surface area (Å²) in [5.74, 6) is 1.24. The summed E-state index contributed by atoms with van der Waals surface area (Å²) in [7, 11) is 1.62. The Labute approximate surface area is 153 Å². The molecule has 0 bridgehead atoms. The lowest BCUT2D eigenvalue weighted by Crippen LogP contribution is -2.04. The maximum Gasteiger partial charge on any atom is 0.161 e. The van der Waals surface area contributed by atoms with E-state index in [-0.39, 0.29) is 5.75 Å². The molecule has 0 saturated carbocycles. The number of nitrogen functional groups attached to an aromatic ring is 1. The van der Waals surface area contributed by atoms with Gasteiger partial charge in [0.2, 0.25) is 0 Å². The summed E-state index contributed by atoms with van der Waals surface area (Å²) < 4.78 is 5.53. The highest BCUT2D eigenvalue weighted by Crippen LogP contribution is 2.40. The van der Waals surface area contributed by atoms with Crippen molar-refractivity contribution in [3.05, 3.63) is 48.2 Å². The Morgan fingerprint density at radius 2 is 1.96 bits per heavy atom. The number of nitrogens with zero attached hydrogens (tertiary/aromatic N) is 1. The topological polar surface area (TPSA) is 80.4 Å². The number of fused-ring (bicyclic) bond motifs is 1. The Hall–Kier alpha value is -2.95. The smallest absolute Gasteiger partial charge is 0.161 e. The van der Waals surface area contributed by atoms with E-state index in [0.717, 1.165) is 40.7 Å². The Morgan fingerprint density at radius 1 is 1.19 bits per heavy atom. The highest BCUT2D eigenvalue weighted by Gasteiger charge is 2.17. The summed E-state index contributed by atoms with van der Waals surface area (Å²) in [6, 6.07) is 11.1. The number of aromatic nitrogens is 1. The van der Waals surface area contributed by atoms with Crippen molar-refractivity contribution < 1.29 is 9.84 Å². The molecule has 0 amide bonds. The molecule has 26 heavy (non-hydrogen) atoms. The number of hydrogen-bond acceptors (Lipinski definition) is 5. The monoisotopic (exact) mass is 351 g/mol. The van der Waals surface area contributed by atoms with E-state index in [1.54, 1.807) is 19.4 Å². The van der Waals surface area contributed by atoms with Crippen LogP contribution in [-0.2, 0) is 0 Å². The molecular formula is C21H25N3O2. The number of rotatable bonds is 6. The van der Waals surface area contributed by atoms with Crippen molar-refractivity contribution in [2.75, 3.05) is 18.2 Å². The first-order chi connectivity index (χ1) is 12.6. The number of phenolic OH excluding ortho intramolecular Hbond substituents is 1. The number of benzene rings is 2. The van der Waals surface area contributed by atoms with E-state index in [2.05, 4.69) is 24.1 Å². The second-order valence-corrected chi connectivity index (χ2v) is 6.35. The SMILES string of the molecule is CCC(CC)c1cc(O)ccc1Nc1c(OC)cnc2cccc(N)c12. The molecule has 2 aromatic carbocycles. The number of nitrogens with two attached hydrogens (primary N) is 1. The fourth-order valence-corrected chi connectivity index (χ4v) is 3.40. The largest absolute Gasteiger partial charge is 0.508 e. The van der Waals surface area contributed by atoms with Gasteiger partial charge in [-0.25, -0.2) is 0 Å². The second kappa shape index (κ2) is 7.52. The molecule has 0 aliphatic heterocycles. The van der Waals surface area contributed by atoms with Crippen molar-refractivity contribution in [3.8, 4) is 11.5 Å². The average Bonchev–Trinajstić information content (AvgIpc) is 2.65. The first-order valence-electron chi connectivity index (χ1n) is 8.90. The standard InChI is InChI=1S/C21H25N3O2/c1-4-13(5-2)15-11-14(25)9-10-17(15)24-21-19(26-3)12-23-18-8-6-7-16(22)20(18)21/h6-13,25H,4-5,22H2,1-3H3,(H,23,24). The summed E-state index contributed by atoms with van der Waals surface area (Å²) in [4.78, 5) is 4.43. The average molecular weight is 351 g/mol. The molecule has 0 saturated heterocycles. The van der Waals surface area contributed by atoms with E-state index >= 15 is 0 Å². The number of hydrogen-bond donors (Lipinski definition) is 3. The van der Waals surface area contributed by atoms with Gasteiger partial charge in [-0.3, -0.25) is 4.98 Å². The molecular weight excluding hydrogens is 326 g/mol. The van der Waals surface area contributed by atoms with Crippen LogP contribution in [0.25, 0.3) is 10.9 Å². The van der Waals surface area contributed by atoms with E-state index in [0.29, 0.717) is 17.4 Å². The van der Waals surface area contributed by atoms with Crippen LogP contribution in [0, 0.1) is 0 Å². The third-order valence-corrected chi connectivity index (χ3v) is 4.83. The van der Waals surface area contributed by atoms with E-state index in [9.17, 15) is 5.11 Å². The predicted octanol–water partition coefficient (Wildman–Crippen LogP) is 5.18. The fraction of sp³-hybridized carbons (Fsp3) is 0.286. The zero-order chi connectivity index (χ0) is 18.7. The minimum absolute atomic E-state index is 0.267. The van der Waals surface area contributed by atoms with Crippen molar-refractivity contribution in [1.29, 1.82) is 0 Å². The van der Waals surface area contributed by atoms with Crippen LogP contribution in [0.5, 0.6) is 11.5 Å². The van der Waals surface area contributed by atoms with Crippen LogP contribution in [0.3, 0.4) is 0 Å². The minimum Gasteiger partial charge on any atom is -0.508 e. The molecule has 0 aliphatic rings. The Morgan fingerprint density at radius 3 is 2.65 bits per heavy atom. The number of phenols is 1. The molecule has 0 fully saturated rings. The number of ether oxygens (including phenoxy) is 1. The van der Waals surface area contributed by atoms with Gasteiger partial charge in [-0.05, 0) is 54.7 Å². The van der Waals surface area contributed by atoms with E-state index < -0.39 is 0 Å². The molecule has 136 valence electrons. The van der Waals surface area contributed by atoms with Gasteiger partial charge in [0.15, 0.2) is 5.75 Å². The zero-order valence-electron chi connectivity index (χ0n) is 15.4. The van der Waals surface area contributed by atoms with Gasteiger partial charge in [0, 0.05) is 11.4 Å². The number of nitrogens with one attached hydrogen (secondary N) is 1. The molecule has 0 aliphatic carbocycles. The van der Waals surface area contributed by atoms with Crippen LogP contribution in [0.2, 0.25) is 0 Å². The maximum absolute atomic E-state index is 9.98. The third kappa shape index (κ3) is 3.25. The van der Waals surface area contributed by atoms with Gasteiger partial charge in [-0.15, -0.1) is 0 Å². The summed E-state index contributed by atoms with van der Waals surface area (Å²) in [5.41, 5.74) is 10.5. The van der Waals surface area contributed by atoms with Gasteiger partial charge >= 0.3 is 0 Å². The number of aromatic hydroxyl groups is 1. The minimum atomic E-state index is 0.267. The maximum atomic E-state index is 9.98. The molecule has 3 rings (SSSR count). The van der Waals surface area contributed by atoms with Gasteiger partial charge < -0.3 is 20.9 Å². The van der Waals surface area contributed by atoms with Crippen LogP contribution in [0.1, 0.15) is 38.2 Å². The first-order valence-corrected chi connectivity index (χ1v) is 8.90. The lowest BCUT2D eigenvalue weighted by Gasteiger charge is -2.21. The lowest BCUT2D eigenvalue weighted by molar-refractivity contribution is 0.415. The van der Waals surface area contributed by atoms with Crippen molar-refractivity contribution >= 4 is 28.0 Å². The van der Waals surface area contributed by atoms with Crippen molar-refractivity contribution in [2.24, 2.45) is 0 Å². The van der Waals surface area contributed by atoms with Gasteiger partial charge in [-0.1, -0.05) is 19.9 Å². The molecule has 0 unspecified atom stereocenters. The molecule has 5 nitrogen and oxygen atoms in total. The normalized spacial score (nSPS) is 11.1. The van der Waals surface area contributed by atoms with Crippen LogP contribution in [-0.4, -0.2) is 17.2 Å². The van der Waals surface area contributed by atoms with Crippen LogP contribution in [0.4, 0.5) is 17.1 Å². The molecule has 3 aromatic rings. The number of pyridine rings is 1. The van der Waals surface area contributed by atoms with E-state index in [4.69, 9.17) is 10.5 Å². The van der Waals surface area contributed by atoms with Crippen LogP contribution < -0.4 is 15.8 Å². The number of anilines is 3. The molecule has 5 heteroatoms. The van der Waals surface area contributed by atoms with Crippen molar-refractivity contribution in [1.82, 2.24) is 4.98 Å². The fourth-order valence-electron chi connectivity index (χ4n) is 3.40. The van der Waals surface area contributed by atoms with Crippen molar-refractivity contribution in [2.45, 2.75) is 32.6 Å². The summed E-state index contributed by atoms with van der Waals surface area (Å²) in [6.45, 7) is 4.31. The van der Waals surface area contributed by atoms with Gasteiger partial charge in [0.1, 0.15) is 5.75 Å². The molecule has 1 heterocycles. The highest BCUT2D eigenvalue weighted by atomic mass is 16.5. The van der Waals surface area contributed by atoms with Crippen LogP contribution >= 0.6 is 0 Å². The van der Waals surface area contributed by atoms with Crippen LogP contribution in [0.15, 0.2) is 42.6 Å².